The molecule has 1 atom stereocenters. The highest BCUT2D eigenvalue weighted by atomic mass is 79.9. The molecule has 0 aromatic carbocycles. The molecule has 0 spiro atoms. The first-order chi connectivity index (χ1) is 8.58. The van der Waals surface area contributed by atoms with E-state index in [9.17, 15) is 4.79 Å². The Labute approximate surface area is 119 Å². The molecule has 100 valence electrons. The highest BCUT2D eigenvalue weighted by Crippen LogP contribution is 2.28. The summed E-state index contributed by atoms with van der Waals surface area (Å²) >= 11 is 4.48. The summed E-state index contributed by atoms with van der Waals surface area (Å²) in [6.07, 6.45) is 6.32. The standard InChI is InChI=1S/C12H18BrN3OS/c1-7(8-5-3-2-4-6-8)15-11(17)9-10(13)16-12(14)18-9/h7-8H,2-6H2,1H3,(H2,14,16)(H,15,17)/t7-/m0/s1. The van der Waals surface area contributed by atoms with Gasteiger partial charge >= 0.3 is 0 Å². The first-order valence-corrected chi connectivity index (χ1v) is 7.91. The molecule has 6 heteroatoms. The molecule has 0 radical (unpaired) electrons. The third kappa shape index (κ3) is 3.23. The van der Waals surface area contributed by atoms with Gasteiger partial charge in [-0.25, -0.2) is 4.98 Å². The molecule has 1 amide bonds. The number of nitrogens with two attached hydrogens (primary N) is 1. The third-order valence-corrected chi connectivity index (χ3v) is 5.24. The Bertz CT molecular complexity index is 429. The number of rotatable bonds is 3. The number of hydrogen-bond acceptors (Lipinski definition) is 4. The van der Waals surface area contributed by atoms with Crippen LogP contribution in [0.3, 0.4) is 0 Å². The Balaban J connectivity index is 1.96. The van der Waals surface area contributed by atoms with Crippen LogP contribution in [0, 0.1) is 5.92 Å². The van der Waals surface area contributed by atoms with E-state index in [0.717, 1.165) is 0 Å². The number of aromatic nitrogens is 1. The Morgan fingerprint density at radius 3 is 2.72 bits per heavy atom. The normalized spacial score (nSPS) is 18.6. The van der Waals surface area contributed by atoms with Gasteiger partial charge in [0, 0.05) is 6.04 Å². The number of halogens is 1. The van der Waals surface area contributed by atoms with Gasteiger partial charge in [0.05, 0.1) is 0 Å². The minimum Gasteiger partial charge on any atom is -0.375 e. The Morgan fingerprint density at radius 1 is 1.50 bits per heavy atom. The first-order valence-electron chi connectivity index (χ1n) is 6.30. The molecule has 1 saturated carbocycles. The van der Waals surface area contributed by atoms with E-state index >= 15 is 0 Å². The van der Waals surface area contributed by atoms with Crippen molar-refractivity contribution in [3.63, 3.8) is 0 Å². The number of thiazole rings is 1. The highest BCUT2D eigenvalue weighted by molar-refractivity contribution is 9.10. The van der Waals surface area contributed by atoms with Gasteiger partial charge in [0.15, 0.2) is 5.13 Å². The summed E-state index contributed by atoms with van der Waals surface area (Å²) in [7, 11) is 0. The predicted molar refractivity (Wildman–Crippen MR) is 77.7 cm³/mol. The number of nitrogens with zero attached hydrogens (tertiary/aromatic N) is 1. The zero-order valence-electron chi connectivity index (χ0n) is 10.4. The maximum atomic E-state index is 12.1. The summed E-state index contributed by atoms with van der Waals surface area (Å²) in [5.74, 6) is 0.529. The van der Waals surface area contributed by atoms with Crippen molar-refractivity contribution in [3.8, 4) is 0 Å². The van der Waals surface area contributed by atoms with Crippen molar-refractivity contribution in [2.24, 2.45) is 5.92 Å². The van der Waals surface area contributed by atoms with Gasteiger partial charge in [-0.2, -0.15) is 0 Å². The van der Waals surface area contributed by atoms with Crippen LogP contribution in [0.15, 0.2) is 4.60 Å². The van der Waals surface area contributed by atoms with Gasteiger partial charge in [-0.1, -0.05) is 30.6 Å². The minimum atomic E-state index is -0.0749. The van der Waals surface area contributed by atoms with E-state index in [-0.39, 0.29) is 11.9 Å². The molecule has 18 heavy (non-hydrogen) atoms. The number of amides is 1. The van der Waals surface area contributed by atoms with Crippen LogP contribution in [-0.4, -0.2) is 16.9 Å². The lowest BCUT2D eigenvalue weighted by Gasteiger charge is -2.28. The largest absolute Gasteiger partial charge is 0.375 e. The minimum absolute atomic E-state index is 0.0749. The lowest BCUT2D eigenvalue weighted by atomic mass is 9.84. The monoisotopic (exact) mass is 331 g/mol. The molecule has 1 aromatic heterocycles. The summed E-state index contributed by atoms with van der Waals surface area (Å²) in [6, 6.07) is 0.216. The molecule has 0 unspecified atom stereocenters. The van der Waals surface area contributed by atoms with E-state index < -0.39 is 0 Å². The number of nitrogens with one attached hydrogen (secondary N) is 1. The molecular weight excluding hydrogens is 314 g/mol. The Morgan fingerprint density at radius 2 is 2.17 bits per heavy atom. The molecule has 0 aliphatic heterocycles. The molecule has 1 fully saturated rings. The molecule has 1 aliphatic rings. The van der Waals surface area contributed by atoms with Gasteiger partial charge in [-0.05, 0) is 41.6 Å². The van der Waals surface area contributed by atoms with Crippen LogP contribution in [0.5, 0.6) is 0 Å². The second kappa shape index (κ2) is 6.02. The maximum absolute atomic E-state index is 12.1. The molecule has 0 bridgehead atoms. The van der Waals surface area contributed by atoms with E-state index in [1.54, 1.807) is 0 Å². The van der Waals surface area contributed by atoms with Crippen molar-refractivity contribution < 1.29 is 4.79 Å². The van der Waals surface area contributed by atoms with Crippen molar-refractivity contribution in [2.75, 3.05) is 5.73 Å². The van der Waals surface area contributed by atoms with E-state index in [1.165, 1.54) is 43.4 Å². The fourth-order valence-electron chi connectivity index (χ4n) is 2.48. The van der Waals surface area contributed by atoms with Crippen LogP contribution in [0.1, 0.15) is 48.7 Å². The van der Waals surface area contributed by atoms with Crippen LogP contribution in [-0.2, 0) is 0 Å². The maximum Gasteiger partial charge on any atom is 0.264 e. The zero-order valence-corrected chi connectivity index (χ0v) is 12.8. The van der Waals surface area contributed by atoms with E-state index in [2.05, 4.69) is 33.2 Å². The van der Waals surface area contributed by atoms with Crippen molar-refractivity contribution >= 4 is 38.3 Å². The van der Waals surface area contributed by atoms with Gasteiger partial charge in [-0.3, -0.25) is 4.79 Å². The zero-order chi connectivity index (χ0) is 13.1. The quantitative estimate of drug-likeness (QED) is 0.893. The molecule has 1 aromatic rings. The highest BCUT2D eigenvalue weighted by Gasteiger charge is 2.23. The summed E-state index contributed by atoms with van der Waals surface area (Å²) in [4.78, 5) is 16.7. The molecule has 2 rings (SSSR count). The van der Waals surface area contributed by atoms with Gasteiger partial charge in [-0.15, -0.1) is 0 Å². The van der Waals surface area contributed by atoms with Crippen molar-refractivity contribution in [2.45, 2.75) is 45.1 Å². The van der Waals surface area contributed by atoms with E-state index in [4.69, 9.17) is 5.73 Å². The second-order valence-corrected chi connectivity index (χ2v) is 6.61. The van der Waals surface area contributed by atoms with Crippen molar-refractivity contribution in [3.05, 3.63) is 9.48 Å². The third-order valence-electron chi connectivity index (χ3n) is 3.52. The second-order valence-electron chi connectivity index (χ2n) is 4.83. The van der Waals surface area contributed by atoms with Crippen LogP contribution >= 0.6 is 27.3 Å². The SMILES string of the molecule is C[C@H](NC(=O)c1sc(N)nc1Br)C1CCCCC1. The molecule has 0 saturated heterocycles. The van der Waals surface area contributed by atoms with Crippen LogP contribution < -0.4 is 11.1 Å². The van der Waals surface area contributed by atoms with Gasteiger partial charge in [0.2, 0.25) is 0 Å². The molecule has 1 heterocycles. The fraction of sp³-hybridized carbons (Fsp3) is 0.667. The van der Waals surface area contributed by atoms with Gasteiger partial charge in [0.25, 0.3) is 5.91 Å². The number of nitrogen functional groups attached to an aromatic ring is 1. The van der Waals surface area contributed by atoms with Gasteiger partial charge < -0.3 is 11.1 Å². The van der Waals surface area contributed by atoms with Crippen LogP contribution in [0.2, 0.25) is 0 Å². The average Bonchev–Trinajstić information content (AvgIpc) is 2.69. The molecule has 3 N–H and O–H groups in total. The smallest absolute Gasteiger partial charge is 0.264 e. The Kier molecular flexibility index (Phi) is 4.61. The van der Waals surface area contributed by atoms with Crippen molar-refractivity contribution in [1.29, 1.82) is 0 Å². The van der Waals surface area contributed by atoms with E-state index in [1.807, 2.05) is 0 Å². The van der Waals surface area contributed by atoms with E-state index in [0.29, 0.717) is 20.5 Å². The lowest BCUT2D eigenvalue weighted by molar-refractivity contribution is 0.0922. The van der Waals surface area contributed by atoms with Gasteiger partial charge in [0.1, 0.15) is 9.48 Å². The summed E-state index contributed by atoms with van der Waals surface area (Å²) in [6.45, 7) is 2.09. The van der Waals surface area contributed by atoms with Crippen molar-refractivity contribution in [1.82, 2.24) is 10.3 Å². The number of carbonyl (C=O) groups excluding carboxylic acids is 1. The Hall–Kier alpha value is -0.620. The lowest BCUT2D eigenvalue weighted by Crippen LogP contribution is -2.38. The molecular formula is C12H18BrN3OS. The topological polar surface area (TPSA) is 68.0 Å². The number of hydrogen-bond donors (Lipinski definition) is 2. The fourth-order valence-corrected chi connectivity index (χ4v) is 3.84. The van der Waals surface area contributed by atoms with Crippen LogP contribution in [0.25, 0.3) is 0 Å². The predicted octanol–water partition coefficient (Wildman–Crippen LogP) is 3.19. The summed E-state index contributed by atoms with van der Waals surface area (Å²) in [5, 5.41) is 3.48. The number of carbonyl (C=O) groups is 1. The summed E-state index contributed by atoms with van der Waals surface area (Å²) < 4.78 is 0.540. The number of anilines is 1. The summed E-state index contributed by atoms with van der Waals surface area (Å²) in [5.41, 5.74) is 5.59. The van der Waals surface area contributed by atoms with Crippen LogP contribution in [0.4, 0.5) is 5.13 Å². The first kappa shape index (κ1) is 13.8. The molecule has 1 aliphatic carbocycles. The molecule has 4 nitrogen and oxygen atoms in total. The average molecular weight is 332 g/mol.